The molecule has 0 aromatic heterocycles. The summed E-state index contributed by atoms with van der Waals surface area (Å²) in [6.45, 7) is 2.41. The maximum absolute atomic E-state index is 12.5. The molecule has 0 bridgehead atoms. The first-order valence-corrected chi connectivity index (χ1v) is 7.86. The van der Waals surface area contributed by atoms with Crippen LogP contribution in [0.25, 0.3) is 0 Å². The van der Waals surface area contributed by atoms with Gasteiger partial charge in [0.05, 0.1) is 23.0 Å². The second-order valence-corrected chi connectivity index (χ2v) is 5.48. The summed E-state index contributed by atoms with van der Waals surface area (Å²) in [5.74, 6) is -0.408. The van der Waals surface area contributed by atoms with Crippen molar-refractivity contribution in [3.63, 3.8) is 0 Å². The van der Waals surface area contributed by atoms with Gasteiger partial charge in [0, 0.05) is 6.54 Å². The maximum Gasteiger partial charge on any atom is 0.253 e. The average Bonchev–Trinajstić information content (AvgIpc) is 2.55. The zero-order valence-corrected chi connectivity index (χ0v) is 13.6. The molecule has 2 amide bonds. The third kappa shape index (κ3) is 4.83. The summed E-state index contributed by atoms with van der Waals surface area (Å²) in [4.78, 5) is 24.4. The Morgan fingerprint density at radius 2 is 1.70 bits per heavy atom. The number of halogens is 1. The number of benzene rings is 2. The molecule has 1 atom stereocenters. The van der Waals surface area contributed by atoms with E-state index < -0.39 is 6.04 Å². The lowest BCUT2D eigenvalue weighted by molar-refractivity contribution is -0.121. The van der Waals surface area contributed by atoms with Gasteiger partial charge in [-0.3, -0.25) is 9.59 Å². The van der Waals surface area contributed by atoms with Gasteiger partial charge in [0.15, 0.2) is 0 Å². The molecule has 0 heterocycles. The lowest BCUT2D eigenvalue weighted by Crippen LogP contribution is -2.33. The van der Waals surface area contributed by atoms with Gasteiger partial charge in [0.1, 0.15) is 0 Å². The summed E-state index contributed by atoms with van der Waals surface area (Å²) in [7, 11) is 0. The van der Waals surface area contributed by atoms with Gasteiger partial charge in [-0.2, -0.15) is 0 Å². The van der Waals surface area contributed by atoms with Crippen LogP contribution in [0, 0.1) is 0 Å². The zero-order chi connectivity index (χ0) is 16.7. The van der Waals surface area contributed by atoms with Crippen LogP contribution in [0.15, 0.2) is 54.6 Å². The van der Waals surface area contributed by atoms with Crippen LogP contribution < -0.4 is 10.6 Å². The van der Waals surface area contributed by atoms with Gasteiger partial charge in [-0.15, -0.1) is 0 Å². The Labute approximate surface area is 140 Å². The Bertz CT molecular complexity index is 674. The Morgan fingerprint density at radius 1 is 1.04 bits per heavy atom. The SMILES string of the molecule is CCNC(=O)CC(NC(=O)c1ccccc1Cl)c1ccccc1. The standard InChI is InChI=1S/C18H19ClN2O2/c1-2-20-17(22)12-16(13-8-4-3-5-9-13)21-18(23)14-10-6-7-11-15(14)19/h3-11,16H,2,12H2,1H3,(H,20,22)(H,21,23). The fourth-order valence-corrected chi connectivity index (χ4v) is 2.50. The number of amides is 2. The van der Waals surface area contributed by atoms with Crippen molar-refractivity contribution in [2.45, 2.75) is 19.4 Å². The smallest absolute Gasteiger partial charge is 0.253 e. The van der Waals surface area contributed by atoms with Gasteiger partial charge in [-0.25, -0.2) is 0 Å². The van der Waals surface area contributed by atoms with Gasteiger partial charge >= 0.3 is 0 Å². The van der Waals surface area contributed by atoms with E-state index >= 15 is 0 Å². The minimum atomic E-state index is -0.411. The predicted octanol–water partition coefficient (Wildman–Crippen LogP) is 3.34. The molecule has 4 nitrogen and oxygen atoms in total. The molecule has 0 aliphatic carbocycles. The molecule has 1 unspecified atom stereocenters. The molecule has 0 aliphatic heterocycles. The van der Waals surface area contributed by atoms with Crippen molar-refractivity contribution < 1.29 is 9.59 Å². The third-order valence-corrected chi connectivity index (χ3v) is 3.72. The van der Waals surface area contributed by atoms with Crippen molar-refractivity contribution >= 4 is 23.4 Å². The van der Waals surface area contributed by atoms with Gasteiger partial charge < -0.3 is 10.6 Å². The molecule has 0 saturated heterocycles. The fourth-order valence-electron chi connectivity index (χ4n) is 2.27. The number of hydrogen-bond donors (Lipinski definition) is 2. The van der Waals surface area contributed by atoms with Gasteiger partial charge in [-0.05, 0) is 24.6 Å². The van der Waals surface area contributed by atoms with Crippen LogP contribution in [0.3, 0.4) is 0 Å². The Morgan fingerprint density at radius 3 is 2.35 bits per heavy atom. The second-order valence-electron chi connectivity index (χ2n) is 5.07. The Kier molecular flexibility index (Phi) is 6.18. The predicted molar refractivity (Wildman–Crippen MR) is 91.4 cm³/mol. The molecule has 120 valence electrons. The van der Waals surface area contributed by atoms with Crippen molar-refractivity contribution in [1.82, 2.24) is 10.6 Å². The van der Waals surface area contributed by atoms with E-state index in [-0.39, 0.29) is 18.2 Å². The van der Waals surface area contributed by atoms with Crippen LogP contribution >= 0.6 is 11.6 Å². The molecular weight excluding hydrogens is 312 g/mol. The normalized spacial score (nSPS) is 11.6. The first-order chi connectivity index (χ1) is 11.1. The highest BCUT2D eigenvalue weighted by Crippen LogP contribution is 2.20. The summed E-state index contributed by atoms with van der Waals surface area (Å²) in [6.07, 6.45) is 0.175. The lowest BCUT2D eigenvalue weighted by Gasteiger charge is -2.19. The molecule has 0 spiro atoms. The van der Waals surface area contributed by atoms with Crippen LogP contribution in [0.2, 0.25) is 5.02 Å². The van der Waals surface area contributed by atoms with Crippen LogP contribution in [-0.2, 0) is 4.79 Å². The van der Waals surface area contributed by atoms with E-state index in [1.807, 2.05) is 37.3 Å². The highest BCUT2D eigenvalue weighted by molar-refractivity contribution is 6.33. The number of carbonyl (C=O) groups excluding carboxylic acids is 2. The van der Waals surface area contributed by atoms with Crippen LogP contribution in [-0.4, -0.2) is 18.4 Å². The molecule has 2 aromatic rings. The summed E-state index contributed by atoms with van der Waals surface area (Å²) in [6, 6.07) is 15.8. The van der Waals surface area contributed by atoms with Crippen molar-refractivity contribution in [3.8, 4) is 0 Å². The van der Waals surface area contributed by atoms with E-state index in [2.05, 4.69) is 10.6 Å². The van der Waals surface area contributed by atoms with E-state index in [9.17, 15) is 9.59 Å². The fraction of sp³-hybridized carbons (Fsp3) is 0.222. The van der Waals surface area contributed by atoms with Crippen LogP contribution in [0.4, 0.5) is 0 Å². The highest BCUT2D eigenvalue weighted by Gasteiger charge is 2.20. The summed E-state index contributed by atoms with van der Waals surface area (Å²) < 4.78 is 0. The van der Waals surface area contributed by atoms with E-state index in [4.69, 9.17) is 11.6 Å². The molecule has 2 aromatic carbocycles. The van der Waals surface area contributed by atoms with Crippen molar-refractivity contribution in [2.24, 2.45) is 0 Å². The number of hydrogen-bond acceptors (Lipinski definition) is 2. The zero-order valence-electron chi connectivity index (χ0n) is 12.9. The van der Waals surface area contributed by atoms with E-state index in [0.717, 1.165) is 5.56 Å². The molecule has 0 fully saturated rings. The van der Waals surface area contributed by atoms with Crippen molar-refractivity contribution in [3.05, 3.63) is 70.7 Å². The van der Waals surface area contributed by atoms with E-state index in [1.165, 1.54) is 0 Å². The molecular formula is C18H19ClN2O2. The molecule has 23 heavy (non-hydrogen) atoms. The largest absolute Gasteiger partial charge is 0.356 e. The molecule has 2 rings (SSSR count). The van der Waals surface area contributed by atoms with Crippen molar-refractivity contribution in [1.29, 1.82) is 0 Å². The summed E-state index contributed by atoms with van der Waals surface area (Å²) in [5.41, 5.74) is 1.27. The first kappa shape index (κ1) is 17.0. The lowest BCUT2D eigenvalue weighted by atomic mass is 10.0. The summed E-state index contributed by atoms with van der Waals surface area (Å²) >= 11 is 6.06. The molecule has 5 heteroatoms. The van der Waals surface area contributed by atoms with Crippen molar-refractivity contribution in [2.75, 3.05) is 6.54 Å². The van der Waals surface area contributed by atoms with Gasteiger partial charge in [0.25, 0.3) is 5.91 Å². The topological polar surface area (TPSA) is 58.2 Å². The molecule has 0 radical (unpaired) electrons. The monoisotopic (exact) mass is 330 g/mol. The molecule has 2 N–H and O–H groups in total. The Hall–Kier alpha value is -2.33. The Balaban J connectivity index is 2.19. The summed E-state index contributed by atoms with van der Waals surface area (Å²) in [5, 5.41) is 6.03. The number of rotatable bonds is 6. The molecule has 0 aliphatic rings. The van der Waals surface area contributed by atoms with E-state index in [1.54, 1.807) is 24.3 Å². The van der Waals surface area contributed by atoms with Crippen LogP contribution in [0.1, 0.15) is 35.3 Å². The quantitative estimate of drug-likeness (QED) is 0.853. The van der Waals surface area contributed by atoms with E-state index in [0.29, 0.717) is 17.1 Å². The van der Waals surface area contributed by atoms with Gasteiger partial charge in [-0.1, -0.05) is 54.1 Å². The van der Waals surface area contributed by atoms with Crippen LogP contribution in [0.5, 0.6) is 0 Å². The first-order valence-electron chi connectivity index (χ1n) is 7.49. The minimum Gasteiger partial charge on any atom is -0.356 e. The highest BCUT2D eigenvalue weighted by atomic mass is 35.5. The number of nitrogens with one attached hydrogen (secondary N) is 2. The third-order valence-electron chi connectivity index (χ3n) is 3.39. The average molecular weight is 331 g/mol. The van der Waals surface area contributed by atoms with Gasteiger partial charge in [0.2, 0.25) is 5.91 Å². The minimum absolute atomic E-state index is 0.110. The molecule has 0 saturated carbocycles. The maximum atomic E-state index is 12.5. The second kappa shape index (κ2) is 8.34. The number of carbonyl (C=O) groups is 2.